The summed E-state index contributed by atoms with van der Waals surface area (Å²) in [5.41, 5.74) is 1.05. The highest BCUT2D eigenvalue weighted by molar-refractivity contribution is 5.87. The Morgan fingerprint density at radius 3 is 2.42 bits per heavy atom. The zero-order valence-corrected chi connectivity index (χ0v) is 7.67. The number of hydrogen-bond donors (Lipinski definition) is 0. The van der Waals surface area contributed by atoms with Gasteiger partial charge in [-0.25, -0.2) is 0 Å². The molecule has 3 heteroatoms. The van der Waals surface area contributed by atoms with E-state index in [0.717, 1.165) is 32.0 Å². The molecule has 1 heterocycles. The van der Waals surface area contributed by atoms with E-state index in [1.54, 1.807) is 13.0 Å². The Kier molecular flexibility index (Phi) is 3.29. The van der Waals surface area contributed by atoms with Gasteiger partial charge in [-0.05, 0) is 19.9 Å². The van der Waals surface area contributed by atoms with Gasteiger partial charge in [-0.2, -0.15) is 0 Å². The van der Waals surface area contributed by atoms with E-state index in [1.165, 1.54) is 0 Å². The lowest BCUT2D eigenvalue weighted by molar-refractivity contribution is -0.112. The van der Waals surface area contributed by atoms with E-state index in [4.69, 9.17) is 4.74 Å². The molecule has 1 aliphatic heterocycles. The molecule has 68 valence electrons. The third-order valence-electron chi connectivity index (χ3n) is 1.92. The second-order valence-corrected chi connectivity index (χ2v) is 3.00. The second-order valence-electron chi connectivity index (χ2n) is 3.00. The van der Waals surface area contributed by atoms with Crippen molar-refractivity contribution in [3.8, 4) is 0 Å². The van der Waals surface area contributed by atoms with Crippen LogP contribution in [0.2, 0.25) is 0 Å². The van der Waals surface area contributed by atoms with E-state index < -0.39 is 0 Å². The third-order valence-corrected chi connectivity index (χ3v) is 1.92. The fraction of sp³-hybridized carbons (Fsp3) is 0.667. The van der Waals surface area contributed by atoms with Crippen molar-refractivity contribution in [2.24, 2.45) is 0 Å². The number of morpholine rings is 1. The second kappa shape index (κ2) is 4.26. The summed E-state index contributed by atoms with van der Waals surface area (Å²) >= 11 is 0. The zero-order valence-electron chi connectivity index (χ0n) is 7.67. The molecule has 0 aromatic heterocycles. The van der Waals surface area contributed by atoms with Crippen LogP contribution in [0.25, 0.3) is 0 Å². The van der Waals surface area contributed by atoms with E-state index in [1.807, 2.05) is 6.92 Å². The van der Waals surface area contributed by atoms with Crippen molar-refractivity contribution in [1.29, 1.82) is 0 Å². The molecule has 0 amide bonds. The van der Waals surface area contributed by atoms with Crippen LogP contribution in [0.3, 0.4) is 0 Å². The topological polar surface area (TPSA) is 29.5 Å². The smallest absolute Gasteiger partial charge is 0.154 e. The molecule has 1 aliphatic rings. The average molecular weight is 169 g/mol. The van der Waals surface area contributed by atoms with Crippen molar-refractivity contribution in [2.45, 2.75) is 13.8 Å². The summed E-state index contributed by atoms with van der Waals surface area (Å²) in [6, 6.07) is 0. The molecular weight excluding hydrogens is 154 g/mol. The molecule has 1 saturated heterocycles. The summed E-state index contributed by atoms with van der Waals surface area (Å²) in [5, 5.41) is 0. The zero-order chi connectivity index (χ0) is 8.97. The average Bonchev–Trinajstić information content (AvgIpc) is 2.05. The van der Waals surface area contributed by atoms with Crippen LogP contribution in [0.1, 0.15) is 13.8 Å². The first-order chi connectivity index (χ1) is 5.70. The molecule has 0 bridgehead atoms. The molecular formula is C9H15NO2. The van der Waals surface area contributed by atoms with E-state index in [0.29, 0.717) is 0 Å². The third kappa shape index (κ3) is 2.66. The molecule has 1 fully saturated rings. The minimum atomic E-state index is 0.110. The number of ether oxygens (including phenoxy) is 1. The van der Waals surface area contributed by atoms with Gasteiger partial charge in [-0.3, -0.25) is 4.79 Å². The molecule has 3 nitrogen and oxygen atoms in total. The van der Waals surface area contributed by atoms with Gasteiger partial charge in [-0.15, -0.1) is 0 Å². The summed E-state index contributed by atoms with van der Waals surface area (Å²) < 4.78 is 5.20. The maximum Gasteiger partial charge on any atom is 0.154 e. The molecule has 0 N–H and O–H groups in total. The number of rotatable bonds is 2. The van der Waals surface area contributed by atoms with E-state index in [9.17, 15) is 4.79 Å². The number of allylic oxidation sites excluding steroid dienone is 2. The van der Waals surface area contributed by atoms with Crippen LogP contribution in [0.15, 0.2) is 11.8 Å². The lowest BCUT2D eigenvalue weighted by Crippen LogP contribution is -2.35. The molecule has 0 aliphatic carbocycles. The van der Waals surface area contributed by atoms with Crippen LogP contribution in [0.4, 0.5) is 0 Å². The van der Waals surface area contributed by atoms with E-state index in [2.05, 4.69) is 4.90 Å². The molecule has 12 heavy (non-hydrogen) atoms. The quantitative estimate of drug-likeness (QED) is 0.573. The molecule has 0 aromatic carbocycles. The molecule has 0 unspecified atom stereocenters. The number of carbonyl (C=O) groups excluding carboxylic acids is 1. The molecule has 0 spiro atoms. The first kappa shape index (κ1) is 9.26. The highest BCUT2D eigenvalue weighted by Crippen LogP contribution is 2.06. The van der Waals surface area contributed by atoms with Gasteiger partial charge in [-0.1, -0.05) is 0 Å². The lowest BCUT2D eigenvalue weighted by atomic mass is 10.3. The standard InChI is InChI=1S/C9H15NO2/c1-8(7-9(2)11)10-3-5-12-6-4-10/h7H,3-6H2,1-2H3/b8-7-. The predicted molar refractivity (Wildman–Crippen MR) is 46.8 cm³/mol. The summed E-state index contributed by atoms with van der Waals surface area (Å²) in [6.07, 6.45) is 1.67. The van der Waals surface area contributed by atoms with E-state index >= 15 is 0 Å². The van der Waals surface area contributed by atoms with Crippen LogP contribution in [-0.2, 0) is 9.53 Å². The summed E-state index contributed by atoms with van der Waals surface area (Å²) in [5.74, 6) is 0.110. The largest absolute Gasteiger partial charge is 0.378 e. The van der Waals surface area contributed by atoms with Crippen molar-refractivity contribution < 1.29 is 9.53 Å². The molecule has 0 atom stereocenters. The molecule has 0 aromatic rings. The van der Waals surface area contributed by atoms with Crippen LogP contribution in [-0.4, -0.2) is 37.0 Å². The van der Waals surface area contributed by atoms with Gasteiger partial charge >= 0.3 is 0 Å². The summed E-state index contributed by atoms with van der Waals surface area (Å²) in [6.45, 7) is 6.87. The maximum absolute atomic E-state index is 10.8. The Balaban J connectivity index is 2.49. The molecule has 0 saturated carbocycles. The van der Waals surface area contributed by atoms with Crippen molar-refractivity contribution in [3.05, 3.63) is 11.8 Å². The van der Waals surface area contributed by atoms with Crippen LogP contribution < -0.4 is 0 Å². The van der Waals surface area contributed by atoms with Gasteiger partial charge in [0.2, 0.25) is 0 Å². The minimum absolute atomic E-state index is 0.110. The fourth-order valence-electron chi connectivity index (χ4n) is 1.30. The maximum atomic E-state index is 10.8. The first-order valence-corrected chi connectivity index (χ1v) is 4.21. The number of ketones is 1. The molecule has 0 radical (unpaired) electrons. The Morgan fingerprint density at radius 2 is 1.92 bits per heavy atom. The van der Waals surface area contributed by atoms with Gasteiger partial charge < -0.3 is 9.64 Å². The van der Waals surface area contributed by atoms with Crippen LogP contribution >= 0.6 is 0 Å². The van der Waals surface area contributed by atoms with Gasteiger partial charge in [0, 0.05) is 18.8 Å². The fourth-order valence-corrected chi connectivity index (χ4v) is 1.30. The van der Waals surface area contributed by atoms with Crippen molar-refractivity contribution >= 4 is 5.78 Å². The van der Waals surface area contributed by atoms with Crippen molar-refractivity contribution in [2.75, 3.05) is 26.3 Å². The summed E-state index contributed by atoms with van der Waals surface area (Å²) in [4.78, 5) is 12.9. The predicted octanol–water partition coefficient (Wildman–Crippen LogP) is 0.811. The van der Waals surface area contributed by atoms with Gasteiger partial charge in [0.15, 0.2) is 5.78 Å². The van der Waals surface area contributed by atoms with Gasteiger partial charge in [0.1, 0.15) is 0 Å². The Morgan fingerprint density at radius 1 is 1.33 bits per heavy atom. The normalized spacial score (nSPS) is 19.5. The van der Waals surface area contributed by atoms with Crippen molar-refractivity contribution in [3.63, 3.8) is 0 Å². The highest BCUT2D eigenvalue weighted by atomic mass is 16.5. The number of carbonyl (C=O) groups is 1. The number of hydrogen-bond acceptors (Lipinski definition) is 3. The first-order valence-electron chi connectivity index (χ1n) is 4.21. The van der Waals surface area contributed by atoms with Gasteiger partial charge in [0.05, 0.1) is 13.2 Å². The Bertz CT molecular complexity index is 193. The Hall–Kier alpha value is -0.830. The van der Waals surface area contributed by atoms with Crippen LogP contribution in [0, 0.1) is 0 Å². The van der Waals surface area contributed by atoms with Crippen molar-refractivity contribution in [1.82, 2.24) is 4.90 Å². The van der Waals surface area contributed by atoms with Crippen LogP contribution in [0.5, 0.6) is 0 Å². The number of nitrogens with zero attached hydrogens (tertiary/aromatic N) is 1. The molecule has 1 rings (SSSR count). The SMILES string of the molecule is CC(=O)/C=C(/C)N1CCOCC1. The monoisotopic (exact) mass is 169 g/mol. The highest BCUT2D eigenvalue weighted by Gasteiger charge is 2.10. The lowest BCUT2D eigenvalue weighted by Gasteiger charge is -2.29. The minimum Gasteiger partial charge on any atom is -0.378 e. The van der Waals surface area contributed by atoms with Gasteiger partial charge in [0.25, 0.3) is 0 Å². The Labute approximate surface area is 73.0 Å². The van der Waals surface area contributed by atoms with E-state index in [-0.39, 0.29) is 5.78 Å². The summed E-state index contributed by atoms with van der Waals surface area (Å²) in [7, 11) is 0.